The molecule has 0 N–H and O–H groups in total. The Hall–Kier alpha value is -2.70. The summed E-state index contributed by atoms with van der Waals surface area (Å²) in [5, 5.41) is 8.35. The molecule has 2 heterocycles. The van der Waals surface area contributed by atoms with Crippen LogP contribution in [0.15, 0.2) is 28.7 Å². The molecule has 0 atom stereocenters. The number of aromatic nitrogens is 2. The summed E-state index contributed by atoms with van der Waals surface area (Å²) in [5.41, 5.74) is 1.01. The first-order valence-electron chi connectivity index (χ1n) is 8.96. The van der Waals surface area contributed by atoms with Crippen molar-refractivity contribution >= 4 is 11.9 Å². The van der Waals surface area contributed by atoms with Gasteiger partial charge in [0.2, 0.25) is 11.8 Å². The summed E-state index contributed by atoms with van der Waals surface area (Å²) in [6.07, 6.45) is 3.92. The maximum Gasteiger partial charge on any atom is 0.337 e. The Bertz CT molecular complexity index is 802. The SMILES string of the molecule is COC(=O)c1ccc(C(=O)N2CCC(c3nnc(C4CC4)o3)CC2)cc1. The zero-order chi connectivity index (χ0) is 18.1. The second-order valence-corrected chi connectivity index (χ2v) is 6.89. The average Bonchev–Trinajstić information content (AvgIpc) is 3.44. The van der Waals surface area contributed by atoms with Crippen LogP contribution in [0.3, 0.4) is 0 Å². The minimum Gasteiger partial charge on any atom is -0.465 e. The third kappa shape index (κ3) is 3.34. The minimum absolute atomic E-state index is 0.0240. The number of carbonyl (C=O) groups excluding carboxylic acids is 2. The van der Waals surface area contributed by atoms with E-state index in [1.54, 1.807) is 24.3 Å². The van der Waals surface area contributed by atoms with Crippen LogP contribution < -0.4 is 0 Å². The molecule has 2 fully saturated rings. The molecule has 1 amide bonds. The van der Waals surface area contributed by atoms with Crippen molar-refractivity contribution in [1.82, 2.24) is 15.1 Å². The highest BCUT2D eigenvalue weighted by Gasteiger charge is 2.32. The van der Waals surface area contributed by atoms with Crippen LogP contribution >= 0.6 is 0 Å². The topological polar surface area (TPSA) is 85.5 Å². The quantitative estimate of drug-likeness (QED) is 0.784. The van der Waals surface area contributed by atoms with Gasteiger partial charge in [-0.05, 0) is 49.9 Å². The van der Waals surface area contributed by atoms with Gasteiger partial charge in [-0.15, -0.1) is 10.2 Å². The largest absolute Gasteiger partial charge is 0.465 e. The Morgan fingerprint density at radius 2 is 1.50 bits per heavy atom. The van der Waals surface area contributed by atoms with E-state index in [0.29, 0.717) is 36.0 Å². The number of likely N-dealkylation sites (tertiary alicyclic amines) is 1. The van der Waals surface area contributed by atoms with Crippen molar-refractivity contribution in [2.45, 2.75) is 37.5 Å². The van der Waals surface area contributed by atoms with Crippen LogP contribution in [0.1, 0.15) is 70.0 Å². The monoisotopic (exact) mass is 355 g/mol. The zero-order valence-electron chi connectivity index (χ0n) is 14.7. The van der Waals surface area contributed by atoms with Gasteiger partial charge < -0.3 is 14.1 Å². The molecule has 1 aliphatic carbocycles. The Kier molecular flexibility index (Phi) is 4.44. The summed E-state index contributed by atoms with van der Waals surface area (Å²) in [7, 11) is 1.34. The first kappa shape index (κ1) is 16.8. The van der Waals surface area contributed by atoms with E-state index in [1.165, 1.54) is 7.11 Å². The summed E-state index contributed by atoms with van der Waals surface area (Å²) in [6.45, 7) is 1.31. The molecule has 7 nitrogen and oxygen atoms in total. The minimum atomic E-state index is -0.407. The third-order valence-electron chi connectivity index (χ3n) is 5.07. The molecule has 0 radical (unpaired) electrons. The van der Waals surface area contributed by atoms with Crippen molar-refractivity contribution in [3.63, 3.8) is 0 Å². The van der Waals surface area contributed by atoms with Gasteiger partial charge in [0.15, 0.2) is 0 Å². The summed E-state index contributed by atoms with van der Waals surface area (Å²) >= 11 is 0. The number of hydrogen-bond donors (Lipinski definition) is 0. The van der Waals surface area contributed by atoms with Gasteiger partial charge in [-0.1, -0.05) is 0 Å². The standard InChI is InChI=1S/C19H21N3O4/c1-25-19(24)15-6-4-14(5-7-15)18(23)22-10-8-13(9-11-22)17-21-20-16(26-17)12-2-3-12/h4-7,12-13H,2-3,8-11H2,1H3. The van der Waals surface area contributed by atoms with E-state index in [4.69, 9.17) is 4.42 Å². The van der Waals surface area contributed by atoms with E-state index in [1.807, 2.05) is 4.90 Å². The maximum atomic E-state index is 12.7. The van der Waals surface area contributed by atoms with Crippen molar-refractivity contribution in [2.75, 3.05) is 20.2 Å². The number of nitrogens with zero attached hydrogens (tertiary/aromatic N) is 3. The van der Waals surface area contributed by atoms with Crippen molar-refractivity contribution in [2.24, 2.45) is 0 Å². The fourth-order valence-electron chi connectivity index (χ4n) is 3.29. The molecule has 1 saturated carbocycles. The molecule has 2 aliphatic rings. The van der Waals surface area contributed by atoms with Crippen molar-refractivity contribution in [1.29, 1.82) is 0 Å². The predicted molar refractivity (Wildman–Crippen MR) is 91.9 cm³/mol. The molecule has 4 rings (SSSR count). The van der Waals surface area contributed by atoms with Crippen LogP contribution in [0, 0.1) is 0 Å². The number of piperidine rings is 1. The fourth-order valence-corrected chi connectivity index (χ4v) is 3.29. The molecule has 0 unspecified atom stereocenters. The number of esters is 1. The number of carbonyl (C=O) groups is 2. The van der Waals surface area contributed by atoms with Gasteiger partial charge in [0.1, 0.15) is 0 Å². The van der Waals surface area contributed by atoms with Crippen molar-refractivity contribution in [3.8, 4) is 0 Å². The molecule has 1 aromatic carbocycles. The highest BCUT2D eigenvalue weighted by Crippen LogP contribution is 2.40. The third-order valence-corrected chi connectivity index (χ3v) is 5.07. The lowest BCUT2D eigenvalue weighted by atomic mass is 9.96. The number of amides is 1. The second kappa shape index (κ2) is 6.90. The van der Waals surface area contributed by atoms with Gasteiger partial charge in [0, 0.05) is 30.5 Å². The lowest BCUT2D eigenvalue weighted by molar-refractivity contribution is 0.0599. The van der Waals surface area contributed by atoms with Crippen LogP contribution in [0.4, 0.5) is 0 Å². The number of benzene rings is 1. The average molecular weight is 355 g/mol. The summed E-state index contributed by atoms with van der Waals surface area (Å²) in [4.78, 5) is 26.0. The fraction of sp³-hybridized carbons (Fsp3) is 0.474. The van der Waals surface area contributed by atoms with Crippen LogP contribution in [0.25, 0.3) is 0 Å². The van der Waals surface area contributed by atoms with Gasteiger partial charge in [-0.2, -0.15) is 0 Å². The van der Waals surface area contributed by atoms with Crippen molar-refractivity contribution in [3.05, 3.63) is 47.2 Å². The van der Waals surface area contributed by atoms with E-state index < -0.39 is 5.97 Å². The molecular weight excluding hydrogens is 334 g/mol. The molecular formula is C19H21N3O4. The highest BCUT2D eigenvalue weighted by atomic mass is 16.5. The van der Waals surface area contributed by atoms with Crippen molar-refractivity contribution < 1.29 is 18.7 Å². The van der Waals surface area contributed by atoms with E-state index in [2.05, 4.69) is 14.9 Å². The molecule has 1 aromatic heterocycles. The van der Waals surface area contributed by atoms with Crippen LogP contribution in [-0.2, 0) is 4.74 Å². The highest BCUT2D eigenvalue weighted by molar-refractivity contribution is 5.96. The normalized spacial score (nSPS) is 18.0. The number of methoxy groups -OCH3 is 1. The van der Waals surface area contributed by atoms with Crippen LogP contribution in [0.5, 0.6) is 0 Å². The Labute approximate surface area is 151 Å². The molecule has 0 bridgehead atoms. The Balaban J connectivity index is 1.36. The molecule has 26 heavy (non-hydrogen) atoms. The van der Waals surface area contributed by atoms with Gasteiger partial charge in [0.25, 0.3) is 5.91 Å². The lowest BCUT2D eigenvalue weighted by Gasteiger charge is -2.30. The second-order valence-electron chi connectivity index (χ2n) is 6.89. The first-order valence-corrected chi connectivity index (χ1v) is 8.96. The lowest BCUT2D eigenvalue weighted by Crippen LogP contribution is -2.38. The van der Waals surface area contributed by atoms with E-state index in [0.717, 1.165) is 31.6 Å². The number of rotatable bonds is 4. The maximum absolute atomic E-state index is 12.7. The number of hydrogen-bond acceptors (Lipinski definition) is 6. The van der Waals surface area contributed by atoms with Crippen LogP contribution in [-0.4, -0.2) is 47.2 Å². The zero-order valence-corrected chi connectivity index (χ0v) is 14.7. The Morgan fingerprint density at radius 3 is 2.04 bits per heavy atom. The van der Waals surface area contributed by atoms with Gasteiger partial charge in [-0.3, -0.25) is 4.79 Å². The van der Waals surface area contributed by atoms with E-state index in [-0.39, 0.29) is 11.8 Å². The summed E-state index contributed by atoms with van der Waals surface area (Å²) in [5.74, 6) is 1.73. The van der Waals surface area contributed by atoms with Gasteiger partial charge in [0.05, 0.1) is 12.7 Å². The first-order chi connectivity index (χ1) is 12.7. The smallest absolute Gasteiger partial charge is 0.337 e. The van der Waals surface area contributed by atoms with E-state index in [9.17, 15) is 9.59 Å². The number of ether oxygens (including phenoxy) is 1. The Morgan fingerprint density at radius 1 is 0.962 bits per heavy atom. The molecule has 7 heteroatoms. The summed E-state index contributed by atoms with van der Waals surface area (Å²) in [6, 6.07) is 6.56. The van der Waals surface area contributed by atoms with Crippen LogP contribution in [0.2, 0.25) is 0 Å². The summed E-state index contributed by atoms with van der Waals surface area (Å²) < 4.78 is 10.5. The molecule has 2 aromatic rings. The van der Waals surface area contributed by atoms with Gasteiger partial charge in [-0.25, -0.2) is 4.79 Å². The molecule has 136 valence electrons. The molecule has 0 spiro atoms. The molecule has 1 saturated heterocycles. The predicted octanol–water partition coefficient (Wildman–Crippen LogP) is 2.75. The molecule has 1 aliphatic heterocycles. The van der Waals surface area contributed by atoms with Gasteiger partial charge >= 0.3 is 5.97 Å². The van der Waals surface area contributed by atoms with E-state index >= 15 is 0 Å².